The van der Waals surface area contributed by atoms with Gasteiger partial charge in [0, 0.05) is 28.9 Å². The van der Waals surface area contributed by atoms with Crippen LogP contribution in [0.3, 0.4) is 0 Å². The lowest BCUT2D eigenvalue weighted by Crippen LogP contribution is -2.49. The summed E-state index contributed by atoms with van der Waals surface area (Å²) in [5.74, 6) is 0.184. The average molecular weight is 467 g/mol. The van der Waals surface area contributed by atoms with Gasteiger partial charge in [0.1, 0.15) is 17.6 Å². The second-order valence-corrected chi connectivity index (χ2v) is 8.80. The lowest BCUT2D eigenvalue weighted by Gasteiger charge is -2.29. The van der Waals surface area contributed by atoms with Gasteiger partial charge in [-0.1, -0.05) is 29.8 Å². The van der Waals surface area contributed by atoms with Gasteiger partial charge in [-0.25, -0.2) is 4.39 Å². The van der Waals surface area contributed by atoms with Crippen molar-refractivity contribution >= 4 is 35.2 Å². The van der Waals surface area contributed by atoms with Crippen LogP contribution in [-0.4, -0.2) is 41.7 Å². The number of halogens is 2. The van der Waals surface area contributed by atoms with Crippen LogP contribution >= 0.6 is 23.4 Å². The molecule has 0 aliphatic rings. The Kier molecular flexibility index (Phi) is 9.65. The van der Waals surface area contributed by atoms with E-state index in [-0.39, 0.29) is 35.9 Å². The van der Waals surface area contributed by atoms with Gasteiger partial charge in [-0.05, 0) is 50.6 Å². The van der Waals surface area contributed by atoms with Crippen molar-refractivity contribution in [1.29, 1.82) is 0 Å². The van der Waals surface area contributed by atoms with Gasteiger partial charge in [0.15, 0.2) is 0 Å². The van der Waals surface area contributed by atoms with Crippen LogP contribution < -0.4 is 10.1 Å². The molecule has 0 heterocycles. The summed E-state index contributed by atoms with van der Waals surface area (Å²) >= 11 is 7.33. The first kappa shape index (κ1) is 25.0. The predicted molar refractivity (Wildman–Crippen MR) is 124 cm³/mol. The van der Waals surface area contributed by atoms with Gasteiger partial charge in [0.25, 0.3) is 0 Å². The lowest BCUT2D eigenvalue weighted by atomic mass is 10.1. The van der Waals surface area contributed by atoms with E-state index in [0.29, 0.717) is 16.3 Å². The van der Waals surface area contributed by atoms with E-state index >= 15 is 0 Å². The molecule has 1 N–H and O–H groups in total. The molecule has 0 aliphatic carbocycles. The molecule has 1 atom stereocenters. The van der Waals surface area contributed by atoms with E-state index in [4.69, 9.17) is 16.3 Å². The van der Waals surface area contributed by atoms with Gasteiger partial charge in [-0.2, -0.15) is 0 Å². The number of rotatable bonds is 10. The van der Waals surface area contributed by atoms with Crippen LogP contribution in [0.1, 0.15) is 31.9 Å². The molecule has 0 fully saturated rings. The maximum absolute atomic E-state index is 14.0. The van der Waals surface area contributed by atoms with Crippen molar-refractivity contribution in [2.24, 2.45) is 0 Å². The number of thioether (sulfide) groups is 1. The van der Waals surface area contributed by atoms with E-state index in [9.17, 15) is 14.0 Å². The summed E-state index contributed by atoms with van der Waals surface area (Å²) < 4.78 is 19.2. The summed E-state index contributed by atoms with van der Waals surface area (Å²) in [6.45, 7) is 5.69. The van der Waals surface area contributed by atoms with Crippen LogP contribution in [0, 0.1) is 5.82 Å². The van der Waals surface area contributed by atoms with Crippen LogP contribution in [-0.2, 0) is 21.9 Å². The SMILES string of the molecule is COc1cccc(CN(C(=O)CSCc2c(F)cccc2Cl)C(C)C(=O)NC(C)C)c1. The molecule has 5 nitrogen and oxygen atoms in total. The zero-order chi connectivity index (χ0) is 23.0. The molecule has 2 amide bonds. The van der Waals surface area contributed by atoms with Crippen molar-refractivity contribution in [3.8, 4) is 5.75 Å². The molecule has 0 radical (unpaired) electrons. The van der Waals surface area contributed by atoms with Gasteiger partial charge in [-0.3, -0.25) is 9.59 Å². The molecule has 2 aromatic carbocycles. The van der Waals surface area contributed by atoms with Crippen molar-refractivity contribution in [3.63, 3.8) is 0 Å². The van der Waals surface area contributed by atoms with Crippen LogP contribution in [0.25, 0.3) is 0 Å². The number of hydrogen-bond acceptors (Lipinski definition) is 4. The summed E-state index contributed by atoms with van der Waals surface area (Å²) in [6.07, 6.45) is 0. The van der Waals surface area contributed by atoms with Gasteiger partial charge < -0.3 is 15.0 Å². The first-order valence-electron chi connectivity index (χ1n) is 9.96. The third-order valence-corrected chi connectivity index (χ3v) is 5.92. The minimum Gasteiger partial charge on any atom is -0.497 e. The minimum atomic E-state index is -0.668. The van der Waals surface area contributed by atoms with Crippen molar-refractivity contribution in [1.82, 2.24) is 10.2 Å². The molecule has 0 bridgehead atoms. The van der Waals surface area contributed by atoms with Crippen molar-refractivity contribution < 1.29 is 18.7 Å². The lowest BCUT2D eigenvalue weighted by molar-refractivity contribution is -0.138. The Labute approximate surface area is 192 Å². The van der Waals surface area contributed by atoms with E-state index in [1.807, 2.05) is 38.1 Å². The van der Waals surface area contributed by atoms with Gasteiger partial charge in [0.05, 0.1) is 12.9 Å². The van der Waals surface area contributed by atoms with E-state index in [2.05, 4.69) is 5.32 Å². The van der Waals surface area contributed by atoms with Gasteiger partial charge in [0.2, 0.25) is 11.8 Å². The Morgan fingerprint density at radius 3 is 2.55 bits per heavy atom. The third kappa shape index (κ3) is 7.43. The monoisotopic (exact) mass is 466 g/mol. The maximum atomic E-state index is 14.0. The highest BCUT2D eigenvalue weighted by atomic mass is 35.5. The molecular weight excluding hydrogens is 439 g/mol. The molecule has 31 heavy (non-hydrogen) atoms. The Balaban J connectivity index is 2.13. The van der Waals surface area contributed by atoms with Crippen LogP contribution in [0.5, 0.6) is 5.75 Å². The minimum absolute atomic E-state index is 0.0405. The largest absolute Gasteiger partial charge is 0.497 e. The summed E-state index contributed by atoms with van der Waals surface area (Å²) in [5, 5.41) is 3.18. The number of hydrogen-bond donors (Lipinski definition) is 1. The molecule has 2 rings (SSSR count). The van der Waals surface area contributed by atoms with E-state index in [1.165, 1.54) is 22.7 Å². The summed E-state index contributed by atoms with van der Waals surface area (Å²) in [7, 11) is 1.57. The van der Waals surface area contributed by atoms with Gasteiger partial charge >= 0.3 is 0 Å². The molecule has 2 aromatic rings. The first-order chi connectivity index (χ1) is 14.7. The number of ether oxygens (including phenoxy) is 1. The number of carbonyl (C=O) groups is 2. The molecular formula is C23H28ClFN2O3S. The van der Waals surface area contributed by atoms with Crippen molar-refractivity contribution in [2.75, 3.05) is 12.9 Å². The van der Waals surface area contributed by atoms with Crippen molar-refractivity contribution in [2.45, 2.75) is 45.2 Å². The summed E-state index contributed by atoms with van der Waals surface area (Å²) in [5.41, 5.74) is 1.21. The Bertz CT molecular complexity index is 890. The highest BCUT2D eigenvalue weighted by Gasteiger charge is 2.26. The average Bonchev–Trinajstić information content (AvgIpc) is 2.73. The number of amides is 2. The topological polar surface area (TPSA) is 58.6 Å². The fourth-order valence-corrected chi connectivity index (χ4v) is 4.20. The molecule has 8 heteroatoms. The number of methoxy groups -OCH3 is 1. The first-order valence-corrected chi connectivity index (χ1v) is 11.5. The normalized spacial score (nSPS) is 11.8. The van der Waals surface area contributed by atoms with Crippen LogP contribution in [0.4, 0.5) is 4.39 Å². The quantitative estimate of drug-likeness (QED) is 0.553. The van der Waals surface area contributed by atoms with E-state index in [1.54, 1.807) is 26.2 Å². The molecule has 1 unspecified atom stereocenters. The number of benzene rings is 2. The highest BCUT2D eigenvalue weighted by molar-refractivity contribution is 7.99. The Hall–Kier alpha value is -2.25. The third-order valence-electron chi connectivity index (χ3n) is 4.62. The number of carbonyl (C=O) groups excluding carboxylic acids is 2. The van der Waals surface area contributed by atoms with Gasteiger partial charge in [-0.15, -0.1) is 11.8 Å². The zero-order valence-corrected chi connectivity index (χ0v) is 19.7. The summed E-state index contributed by atoms with van der Waals surface area (Å²) in [6, 6.07) is 11.2. The Morgan fingerprint density at radius 2 is 1.90 bits per heavy atom. The van der Waals surface area contributed by atoms with E-state index < -0.39 is 11.9 Å². The molecule has 168 valence electrons. The van der Waals surface area contributed by atoms with Crippen LogP contribution in [0.2, 0.25) is 5.02 Å². The maximum Gasteiger partial charge on any atom is 0.242 e. The van der Waals surface area contributed by atoms with Crippen LogP contribution in [0.15, 0.2) is 42.5 Å². The fraction of sp³-hybridized carbons (Fsp3) is 0.391. The standard InChI is InChI=1S/C23H28ClFN2O3S/c1-15(2)26-23(29)16(3)27(12-17-7-5-8-18(11-17)30-4)22(28)14-31-13-19-20(24)9-6-10-21(19)25/h5-11,15-16H,12-14H2,1-4H3,(H,26,29). The second-order valence-electron chi connectivity index (χ2n) is 7.41. The smallest absolute Gasteiger partial charge is 0.242 e. The Morgan fingerprint density at radius 1 is 1.19 bits per heavy atom. The molecule has 0 aromatic heterocycles. The van der Waals surface area contributed by atoms with Crippen molar-refractivity contribution in [3.05, 3.63) is 64.4 Å². The predicted octanol–water partition coefficient (Wildman–Crippen LogP) is 4.66. The second kappa shape index (κ2) is 12.0. The molecule has 0 spiro atoms. The zero-order valence-electron chi connectivity index (χ0n) is 18.2. The fourth-order valence-electron chi connectivity index (χ4n) is 2.95. The molecule has 0 saturated carbocycles. The number of nitrogens with one attached hydrogen (secondary N) is 1. The highest BCUT2D eigenvalue weighted by Crippen LogP contribution is 2.24. The number of nitrogens with zero attached hydrogens (tertiary/aromatic N) is 1. The molecule has 0 aliphatic heterocycles. The molecule has 0 saturated heterocycles. The van der Waals surface area contributed by atoms with E-state index in [0.717, 1.165) is 5.56 Å². The summed E-state index contributed by atoms with van der Waals surface area (Å²) in [4.78, 5) is 27.2.